The Morgan fingerprint density at radius 1 is 1.04 bits per heavy atom. The molecule has 0 aliphatic rings. The van der Waals surface area contributed by atoms with Gasteiger partial charge in [0.1, 0.15) is 5.75 Å². The highest BCUT2D eigenvalue weighted by molar-refractivity contribution is 6.30. The van der Waals surface area contributed by atoms with E-state index < -0.39 is 5.91 Å². The predicted octanol–water partition coefficient (Wildman–Crippen LogP) is 3.54. The van der Waals surface area contributed by atoms with Crippen LogP contribution in [0.1, 0.15) is 36.5 Å². The third-order valence-electron chi connectivity index (χ3n) is 3.77. The second-order valence-electron chi connectivity index (χ2n) is 6.38. The van der Waals surface area contributed by atoms with Crippen LogP contribution >= 0.6 is 11.6 Å². The summed E-state index contributed by atoms with van der Waals surface area (Å²) in [4.78, 5) is 23.8. The molecule has 26 heavy (non-hydrogen) atoms. The zero-order valence-electron chi connectivity index (χ0n) is 15.1. The van der Waals surface area contributed by atoms with Gasteiger partial charge in [-0.1, -0.05) is 49.7 Å². The summed E-state index contributed by atoms with van der Waals surface area (Å²) < 4.78 is 5.63. The fourth-order valence-corrected chi connectivity index (χ4v) is 2.52. The van der Waals surface area contributed by atoms with Gasteiger partial charge in [0.05, 0.1) is 6.42 Å². The second-order valence-corrected chi connectivity index (χ2v) is 6.82. The molecule has 2 rings (SSSR count). The number of hydrazine groups is 1. The normalized spacial score (nSPS) is 10.5. The van der Waals surface area contributed by atoms with E-state index in [-0.39, 0.29) is 24.9 Å². The Morgan fingerprint density at radius 3 is 2.35 bits per heavy atom. The van der Waals surface area contributed by atoms with Crippen molar-refractivity contribution in [1.29, 1.82) is 0 Å². The molecule has 2 aromatic carbocycles. The first-order valence-electron chi connectivity index (χ1n) is 8.40. The van der Waals surface area contributed by atoms with Crippen molar-refractivity contribution in [3.63, 3.8) is 0 Å². The van der Waals surface area contributed by atoms with Crippen molar-refractivity contribution in [3.8, 4) is 5.75 Å². The number of rotatable bonds is 6. The van der Waals surface area contributed by atoms with E-state index in [0.717, 1.165) is 16.7 Å². The zero-order valence-corrected chi connectivity index (χ0v) is 15.9. The molecule has 2 amide bonds. The Hall–Kier alpha value is -2.53. The van der Waals surface area contributed by atoms with Crippen LogP contribution in [-0.2, 0) is 16.0 Å². The van der Waals surface area contributed by atoms with Gasteiger partial charge in [-0.25, -0.2) is 0 Å². The molecule has 0 radical (unpaired) electrons. The topological polar surface area (TPSA) is 67.4 Å². The number of halogens is 1. The summed E-state index contributed by atoms with van der Waals surface area (Å²) in [6.45, 7) is 5.92. The summed E-state index contributed by atoms with van der Waals surface area (Å²) >= 11 is 5.81. The summed E-state index contributed by atoms with van der Waals surface area (Å²) in [6, 6.07) is 12.9. The number of carbonyl (C=O) groups is 2. The van der Waals surface area contributed by atoms with Crippen LogP contribution in [0.5, 0.6) is 5.75 Å². The first kappa shape index (κ1) is 19.8. The van der Waals surface area contributed by atoms with Crippen LogP contribution in [0.15, 0.2) is 42.5 Å². The number of hydrogen-bond acceptors (Lipinski definition) is 3. The Kier molecular flexibility index (Phi) is 7.04. The Bertz CT molecular complexity index is 773. The highest BCUT2D eigenvalue weighted by Gasteiger charge is 2.11. The summed E-state index contributed by atoms with van der Waals surface area (Å²) in [7, 11) is 0. The first-order valence-corrected chi connectivity index (χ1v) is 8.78. The quantitative estimate of drug-likeness (QED) is 0.760. The summed E-state index contributed by atoms with van der Waals surface area (Å²) in [6.07, 6.45) is 0.147. The Labute approximate surface area is 158 Å². The summed E-state index contributed by atoms with van der Waals surface area (Å²) in [5.41, 5.74) is 7.64. The molecule has 0 aliphatic heterocycles. The minimum Gasteiger partial charge on any atom is -0.483 e. The molecule has 138 valence electrons. The molecule has 0 unspecified atom stereocenters. The standard InChI is InChI=1S/C20H23ClN2O3/c1-13(2)17-9-4-14(3)10-18(17)26-12-20(25)23-22-19(24)11-15-5-7-16(21)8-6-15/h4-10,13H,11-12H2,1-3H3,(H,22,24)(H,23,25). The number of nitrogens with one attached hydrogen (secondary N) is 2. The first-order chi connectivity index (χ1) is 12.3. The third kappa shape index (κ3) is 6.08. The van der Waals surface area contributed by atoms with Crippen molar-refractivity contribution in [1.82, 2.24) is 10.9 Å². The lowest BCUT2D eigenvalue weighted by Gasteiger charge is -2.15. The average molecular weight is 375 g/mol. The van der Waals surface area contributed by atoms with Crippen LogP contribution in [0, 0.1) is 6.92 Å². The lowest BCUT2D eigenvalue weighted by molar-refractivity contribution is -0.129. The molecule has 2 aromatic rings. The summed E-state index contributed by atoms with van der Waals surface area (Å²) in [5, 5.41) is 0.608. The maximum absolute atomic E-state index is 11.9. The van der Waals surface area contributed by atoms with E-state index in [0.29, 0.717) is 10.8 Å². The molecular formula is C20H23ClN2O3. The van der Waals surface area contributed by atoms with Crippen molar-refractivity contribution >= 4 is 23.4 Å². The van der Waals surface area contributed by atoms with Gasteiger partial charge in [0.2, 0.25) is 5.91 Å². The Balaban J connectivity index is 1.81. The minimum atomic E-state index is -0.425. The van der Waals surface area contributed by atoms with E-state index in [2.05, 4.69) is 24.7 Å². The van der Waals surface area contributed by atoms with Gasteiger partial charge in [-0.05, 0) is 47.7 Å². The molecule has 0 atom stereocenters. The van der Waals surface area contributed by atoms with Gasteiger partial charge in [0, 0.05) is 5.02 Å². The number of hydrogen-bond donors (Lipinski definition) is 2. The molecule has 0 spiro atoms. The second kappa shape index (κ2) is 9.25. The van der Waals surface area contributed by atoms with Crippen molar-refractivity contribution in [2.24, 2.45) is 0 Å². The number of aryl methyl sites for hydroxylation is 1. The lowest BCUT2D eigenvalue weighted by Crippen LogP contribution is -2.44. The monoisotopic (exact) mass is 374 g/mol. The van der Waals surface area contributed by atoms with E-state index in [9.17, 15) is 9.59 Å². The SMILES string of the molecule is Cc1ccc(C(C)C)c(OCC(=O)NNC(=O)Cc2ccc(Cl)cc2)c1. The fourth-order valence-electron chi connectivity index (χ4n) is 2.39. The van der Waals surface area contributed by atoms with Crippen molar-refractivity contribution < 1.29 is 14.3 Å². The molecule has 2 N–H and O–H groups in total. The highest BCUT2D eigenvalue weighted by atomic mass is 35.5. The number of benzene rings is 2. The molecule has 0 saturated carbocycles. The molecule has 6 heteroatoms. The maximum Gasteiger partial charge on any atom is 0.276 e. The largest absolute Gasteiger partial charge is 0.483 e. The van der Waals surface area contributed by atoms with Crippen LogP contribution in [0.2, 0.25) is 5.02 Å². The number of carbonyl (C=O) groups excluding carboxylic acids is 2. The van der Waals surface area contributed by atoms with Gasteiger partial charge in [-0.3, -0.25) is 20.4 Å². The van der Waals surface area contributed by atoms with Crippen LogP contribution in [0.4, 0.5) is 0 Å². The third-order valence-corrected chi connectivity index (χ3v) is 4.02. The Morgan fingerprint density at radius 2 is 1.69 bits per heavy atom. The lowest BCUT2D eigenvalue weighted by atomic mass is 10.0. The van der Waals surface area contributed by atoms with Crippen molar-refractivity contribution in [2.45, 2.75) is 33.1 Å². The number of ether oxygens (including phenoxy) is 1. The molecule has 0 aromatic heterocycles. The van der Waals surface area contributed by atoms with Gasteiger partial charge < -0.3 is 4.74 Å². The van der Waals surface area contributed by atoms with Crippen molar-refractivity contribution in [2.75, 3.05) is 6.61 Å². The highest BCUT2D eigenvalue weighted by Crippen LogP contribution is 2.27. The number of amides is 2. The van der Waals surface area contributed by atoms with Crippen LogP contribution < -0.4 is 15.6 Å². The molecule has 0 heterocycles. The van der Waals surface area contributed by atoms with Crippen molar-refractivity contribution in [3.05, 3.63) is 64.2 Å². The van der Waals surface area contributed by atoms with E-state index in [1.54, 1.807) is 24.3 Å². The van der Waals surface area contributed by atoms with Crippen LogP contribution in [-0.4, -0.2) is 18.4 Å². The maximum atomic E-state index is 11.9. The summed E-state index contributed by atoms with van der Waals surface area (Å²) in [5.74, 6) is 0.222. The van der Waals surface area contributed by atoms with E-state index in [1.807, 2.05) is 25.1 Å². The fraction of sp³-hybridized carbons (Fsp3) is 0.300. The van der Waals surface area contributed by atoms with E-state index in [4.69, 9.17) is 16.3 Å². The van der Waals surface area contributed by atoms with Gasteiger partial charge in [-0.2, -0.15) is 0 Å². The zero-order chi connectivity index (χ0) is 19.1. The molecule has 0 saturated heterocycles. The average Bonchev–Trinajstić information content (AvgIpc) is 2.60. The van der Waals surface area contributed by atoms with Gasteiger partial charge >= 0.3 is 0 Å². The smallest absolute Gasteiger partial charge is 0.276 e. The molecule has 0 bridgehead atoms. The van der Waals surface area contributed by atoms with Gasteiger partial charge in [0.15, 0.2) is 6.61 Å². The van der Waals surface area contributed by atoms with Gasteiger partial charge in [-0.15, -0.1) is 0 Å². The van der Waals surface area contributed by atoms with Crippen LogP contribution in [0.25, 0.3) is 0 Å². The van der Waals surface area contributed by atoms with E-state index >= 15 is 0 Å². The molecule has 5 nitrogen and oxygen atoms in total. The van der Waals surface area contributed by atoms with Gasteiger partial charge in [0.25, 0.3) is 5.91 Å². The molecule has 0 fully saturated rings. The predicted molar refractivity (Wildman–Crippen MR) is 102 cm³/mol. The molecular weight excluding hydrogens is 352 g/mol. The molecule has 0 aliphatic carbocycles. The van der Waals surface area contributed by atoms with E-state index in [1.165, 1.54) is 0 Å². The minimum absolute atomic E-state index is 0.147. The van der Waals surface area contributed by atoms with Crippen LogP contribution in [0.3, 0.4) is 0 Å².